The molecular weight excluding hydrogens is 238 g/mol. The molecule has 19 heavy (non-hydrogen) atoms. The van der Waals surface area contributed by atoms with Crippen LogP contribution in [0, 0.1) is 0 Å². The fourth-order valence-corrected chi connectivity index (χ4v) is 2.10. The third-order valence-electron chi connectivity index (χ3n) is 3.45. The maximum absolute atomic E-state index is 5.27. The number of methoxy groups -OCH3 is 1. The van der Waals surface area contributed by atoms with Crippen molar-refractivity contribution in [2.75, 3.05) is 14.2 Å². The zero-order chi connectivity index (χ0) is 13.9. The van der Waals surface area contributed by atoms with Crippen molar-refractivity contribution in [1.29, 1.82) is 0 Å². The maximum Gasteiger partial charge on any atom is 0.0994 e. The predicted octanol–water partition coefficient (Wildman–Crippen LogP) is 2.47. The van der Waals surface area contributed by atoms with E-state index in [1.54, 1.807) is 7.11 Å². The van der Waals surface area contributed by atoms with Gasteiger partial charge in [0.15, 0.2) is 0 Å². The molecule has 0 saturated heterocycles. The summed E-state index contributed by atoms with van der Waals surface area (Å²) in [5.41, 5.74) is 3.24. The highest BCUT2D eigenvalue weighted by atomic mass is 16.5. The quantitative estimate of drug-likeness (QED) is 0.896. The van der Waals surface area contributed by atoms with Crippen molar-refractivity contribution in [3.05, 3.63) is 48.0 Å². The molecule has 0 amide bonds. The summed E-state index contributed by atoms with van der Waals surface area (Å²) in [6.45, 7) is 4.87. The van der Waals surface area contributed by atoms with Gasteiger partial charge in [0, 0.05) is 12.7 Å². The highest BCUT2D eigenvalue weighted by Crippen LogP contribution is 2.24. The van der Waals surface area contributed by atoms with E-state index < -0.39 is 0 Å². The molecule has 1 aromatic carbocycles. The molecule has 4 nitrogen and oxygen atoms in total. The summed E-state index contributed by atoms with van der Waals surface area (Å²) >= 11 is 0. The molecule has 0 aliphatic carbocycles. The minimum Gasteiger partial charge on any atom is -0.380 e. The van der Waals surface area contributed by atoms with E-state index in [9.17, 15) is 0 Å². The molecule has 0 bridgehead atoms. The van der Waals surface area contributed by atoms with Crippen LogP contribution >= 0.6 is 0 Å². The zero-order valence-electron chi connectivity index (χ0n) is 12.0. The lowest BCUT2D eigenvalue weighted by Gasteiger charge is -2.26. The van der Waals surface area contributed by atoms with Crippen molar-refractivity contribution in [3.8, 4) is 5.69 Å². The highest BCUT2D eigenvalue weighted by Gasteiger charge is 2.23. The number of hydrogen-bond donors (Lipinski definition) is 1. The standard InChI is InChI=1S/C15H21N3O/c1-15(2,16-3)14-9-17-11-18(14)13-8-6-5-7-12(13)10-19-4/h5-9,11,16H,10H2,1-4H3. The number of imidazole rings is 1. The number of para-hydroxylation sites is 1. The van der Waals surface area contributed by atoms with Gasteiger partial charge in [0.2, 0.25) is 0 Å². The number of aromatic nitrogens is 2. The van der Waals surface area contributed by atoms with Crippen LogP contribution < -0.4 is 5.32 Å². The largest absolute Gasteiger partial charge is 0.380 e. The van der Waals surface area contributed by atoms with Gasteiger partial charge in [-0.1, -0.05) is 18.2 Å². The minimum atomic E-state index is -0.142. The molecule has 102 valence electrons. The number of rotatable bonds is 5. The zero-order valence-corrected chi connectivity index (χ0v) is 12.0. The SMILES string of the molecule is CNC(C)(C)c1cncn1-c1ccccc1COC. The summed E-state index contributed by atoms with van der Waals surface area (Å²) in [5, 5.41) is 3.31. The van der Waals surface area contributed by atoms with Gasteiger partial charge in [0.25, 0.3) is 0 Å². The second-order valence-corrected chi connectivity index (χ2v) is 5.09. The van der Waals surface area contributed by atoms with Crippen LogP contribution in [0.4, 0.5) is 0 Å². The van der Waals surface area contributed by atoms with E-state index in [1.165, 1.54) is 0 Å². The Morgan fingerprint density at radius 1 is 1.32 bits per heavy atom. The Morgan fingerprint density at radius 3 is 2.74 bits per heavy atom. The smallest absolute Gasteiger partial charge is 0.0994 e. The van der Waals surface area contributed by atoms with Crippen molar-refractivity contribution in [2.45, 2.75) is 26.0 Å². The first-order chi connectivity index (χ1) is 9.10. The fourth-order valence-electron chi connectivity index (χ4n) is 2.10. The Kier molecular flexibility index (Phi) is 4.02. The molecule has 0 aliphatic rings. The molecule has 0 fully saturated rings. The molecule has 4 heteroatoms. The van der Waals surface area contributed by atoms with Crippen molar-refractivity contribution < 1.29 is 4.74 Å². The molecule has 0 unspecified atom stereocenters. The van der Waals surface area contributed by atoms with Gasteiger partial charge in [-0.15, -0.1) is 0 Å². The van der Waals surface area contributed by atoms with Gasteiger partial charge < -0.3 is 14.6 Å². The lowest BCUT2D eigenvalue weighted by atomic mass is 10.0. The Morgan fingerprint density at radius 2 is 2.05 bits per heavy atom. The van der Waals surface area contributed by atoms with Gasteiger partial charge in [0.1, 0.15) is 0 Å². The number of ether oxygens (including phenoxy) is 1. The van der Waals surface area contributed by atoms with Crippen molar-refractivity contribution in [2.24, 2.45) is 0 Å². The molecule has 2 rings (SSSR count). The summed E-state index contributed by atoms with van der Waals surface area (Å²) in [6, 6.07) is 8.22. The first kappa shape index (κ1) is 13.8. The van der Waals surface area contributed by atoms with Crippen LogP contribution in [-0.2, 0) is 16.9 Å². The average molecular weight is 259 g/mol. The Labute approximate surface area is 114 Å². The van der Waals surface area contributed by atoms with Crippen LogP contribution in [0.3, 0.4) is 0 Å². The monoisotopic (exact) mass is 259 g/mol. The van der Waals surface area contributed by atoms with E-state index in [-0.39, 0.29) is 5.54 Å². The second-order valence-electron chi connectivity index (χ2n) is 5.09. The Bertz CT molecular complexity index is 546. The van der Waals surface area contributed by atoms with Gasteiger partial charge in [-0.2, -0.15) is 0 Å². The molecule has 1 heterocycles. The van der Waals surface area contributed by atoms with E-state index >= 15 is 0 Å². The lowest BCUT2D eigenvalue weighted by Crippen LogP contribution is -2.35. The molecule has 0 spiro atoms. The van der Waals surface area contributed by atoms with Crippen molar-refractivity contribution in [1.82, 2.24) is 14.9 Å². The number of hydrogen-bond acceptors (Lipinski definition) is 3. The third-order valence-corrected chi connectivity index (χ3v) is 3.45. The van der Waals surface area contributed by atoms with Gasteiger partial charge in [-0.3, -0.25) is 0 Å². The molecule has 2 aromatic rings. The third kappa shape index (κ3) is 2.69. The first-order valence-corrected chi connectivity index (χ1v) is 6.39. The molecule has 0 atom stereocenters. The second kappa shape index (κ2) is 5.55. The summed E-state index contributed by atoms with van der Waals surface area (Å²) < 4.78 is 7.38. The van der Waals surface area contributed by atoms with E-state index in [2.05, 4.69) is 40.8 Å². The molecular formula is C15H21N3O. The van der Waals surface area contributed by atoms with E-state index in [0.29, 0.717) is 6.61 Å². The number of benzene rings is 1. The van der Waals surface area contributed by atoms with Gasteiger partial charge in [-0.25, -0.2) is 4.98 Å². The van der Waals surface area contributed by atoms with Crippen molar-refractivity contribution in [3.63, 3.8) is 0 Å². The van der Waals surface area contributed by atoms with Crippen LogP contribution in [0.25, 0.3) is 5.69 Å². The van der Waals surface area contributed by atoms with Gasteiger partial charge >= 0.3 is 0 Å². The predicted molar refractivity (Wildman–Crippen MR) is 76.4 cm³/mol. The Balaban J connectivity index is 2.52. The molecule has 1 N–H and O–H groups in total. The average Bonchev–Trinajstić information content (AvgIpc) is 2.90. The molecule has 0 saturated carbocycles. The van der Waals surface area contributed by atoms with Crippen LogP contribution in [-0.4, -0.2) is 23.7 Å². The first-order valence-electron chi connectivity index (χ1n) is 6.39. The molecule has 1 aromatic heterocycles. The van der Waals surface area contributed by atoms with Crippen LogP contribution in [0.5, 0.6) is 0 Å². The minimum absolute atomic E-state index is 0.142. The number of nitrogens with zero attached hydrogens (tertiary/aromatic N) is 2. The summed E-state index contributed by atoms with van der Waals surface area (Å²) in [5.74, 6) is 0. The Hall–Kier alpha value is -1.65. The number of nitrogens with one attached hydrogen (secondary N) is 1. The highest BCUT2D eigenvalue weighted by molar-refractivity contribution is 5.42. The summed E-state index contributed by atoms with van der Waals surface area (Å²) in [4.78, 5) is 4.30. The summed E-state index contributed by atoms with van der Waals surface area (Å²) in [6.07, 6.45) is 3.75. The van der Waals surface area contributed by atoms with E-state index in [1.807, 2.05) is 31.7 Å². The molecule has 0 aliphatic heterocycles. The van der Waals surface area contributed by atoms with E-state index in [4.69, 9.17) is 4.74 Å². The normalized spacial score (nSPS) is 11.8. The van der Waals surface area contributed by atoms with Crippen LogP contribution in [0.1, 0.15) is 25.1 Å². The van der Waals surface area contributed by atoms with Crippen LogP contribution in [0.15, 0.2) is 36.8 Å². The van der Waals surface area contributed by atoms with Crippen molar-refractivity contribution >= 4 is 0 Å². The van der Waals surface area contributed by atoms with Crippen LogP contribution in [0.2, 0.25) is 0 Å². The summed E-state index contributed by atoms with van der Waals surface area (Å²) in [7, 11) is 3.67. The maximum atomic E-state index is 5.27. The fraction of sp³-hybridized carbons (Fsp3) is 0.400. The topological polar surface area (TPSA) is 39.1 Å². The lowest BCUT2D eigenvalue weighted by molar-refractivity contribution is 0.184. The molecule has 0 radical (unpaired) electrons. The van der Waals surface area contributed by atoms with E-state index in [0.717, 1.165) is 16.9 Å². The van der Waals surface area contributed by atoms with Gasteiger partial charge in [0.05, 0.1) is 36.1 Å². The van der Waals surface area contributed by atoms with Gasteiger partial charge in [-0.05, 0) is 27.0 Å².